The van der Waals surface area contributed by atoms with E-state index >= 15 is 0 Å². The molecule has 1 aliphatic heterocycles. The maximum Gasteiger partial charge on any atom is 0.286 e. The number of halogens is 1. The van der Waals surface area contributed by atoms with Crippen molar-refractivity contribution in [3.05, 3.63) is 70.7 Å². The van der Waals surface area contributed by atoms with E-state index in [1.807, 2.05) is 30.3 Å². The van der Waals surface area contributed by atoms with Gasteiger partial charge in [-0.3, -0.25) is 14.4 Å². The van der Waals surface area contributed by atoms with Gasteiger partial charge in [0.2, 0.25) is 0 Å². The number of benzene rings is 2. The van der Waals surface area contributed by atoms with Crippen LogP contribution in [0, 0.1) is 0 Å². The molecule has 0 N–H and O–H groups in total. The van der Waals surface area contributed by atoms with E-state index in [2.05, 4.69) is 22.5 Å². The Kier molecular flexibility index (Phi) is 3.92. The van der Waals surface area contributed by atoms with E-state index in [0.717, 1.165) is 15.1 Å². The van der Waals surface area contributed by atoms with Crippen molar-refractivity contribution in [1.29, 1.82) is 0 Å². The minimum absolute atomic E-state index is 0.0963. The van der Waals surface area contributed by atoms with Crippen LogP contribution in [0.15, 0.2) is 59.6 Å². The Balaban J connectivity index is 2.08. The van der Waals surface area contributed by atoms with Crippen LogP contribution >= 0.6 is 15.9 Å². The van der Waals surface area contributed by atoms with Gasteiger partial charge in [-0.15, -0.1) is 11.6 Å². The Bertz CT molecular complexity index is 768. The summed E-state index contributed by atoms with van der Waals surface area (Å²) < 4.78 is 0.946. The Hall–Kier alpha value is -2.24. The molecular formula is C17H12BrNO3. The van der Waals surface area contributed by atoms with Gasteiger partial charge in [0, 0.05) is 4.47 Å². The number of hydrogen-bond donors (Lipinski definition) is 0. The summed E-state index contributed by atoms with van der Waals surface area (Å²) in [5, 5.41) is 0.800. The van der Waals surface area contributed by atoms with Crippen LogP contribution in [-0.4, -0.2) is 23.5 Å². The SMILES string of the molecule is C=CCON1C(=O)c2cccc(-c3ccc(Br)cc3)c2C1=O. The number of rotatable bonds is 4. The number of fused-ring (bicyclic) bond motifs is 1. The zero-order chi connectivity index (χ0) is 15.7. The Morgan fingerprint density at radius 3 is 2.41 bits per heavy atom. The maximum atomic E-state index is 12.5. The van der Waals surface area contributed by atoms with Gasteiger partial charge in [-0.05, 0) is 29.3 Å². The van der Waals surface area contributed by atoms with E-state index < -0.39 is 11.8 Å². The molecule has 0 radical (unpaired) electrons. The monoisotopic (exact) mass is 357 g/mol. The van der Waals surface area contributed by atoms with Crippen molar-refractivity contribution in [2.75, 3.05) is 6.61 Å². The molecule has 1 aliphatic rings. The van der Waals surface area contributed by atoms with Gasteiger partial charge in [0.25, 0.3) is 11.8 Å². The third-order valence-corrected chi connectivity index (χ3v) is 3.88. The van der Waals surface area contributed by atoms with Crippen LogP contribution in [0.5, 0.6) is 0 Å². The summed E-state index contributed by atoms with van der Waals surface area (Å²) in [5.74, 6) is -0.888. The van der Waals surface area contributed by atoms with Gasteiger partial charge in [-0.1, -0.05) is 46.3 Å². The molecule has 0 spiro atoms. The molecular weight excluding hydrogens is 346 g/mol. The second kappa shape index (κ2) is 5.87. The topological polar surface area (TPSA) is 46.6 Å². The van der Waals surface area contributed by atoms with Crippen molar-refractivity contribution < 1.29 is 14.4 Å². The number of nitrogens with zero attached hydrogens (tertiary/aromatic N) is 1. The lowest BCUT2D eigenvalue weighted by molar-refractivity contribution is -0.0800. The molecule has 5 heteroatoms. The molecule has 22 heavy (non-hydrogen) atoms. The zero-order valence-corrected chi connectivity index (χ0v) is 13.2. The third-order valence-electron chi connectivity index (χ3n) is 3.35. The van der Waals surface area contributed by atoms with Crippen LogP contribution in [0.3, 0.4) is 0 Å². The highest BCUT2D eigenvalue weighted by atomic mass is 79.9. The lowest BCUT2D eigenvalue weighted by Gasteiger charge is -2.11. The van der Waals surface area contributed by atoms with Crippen LogP contribution in [0.2, 0.25) is 0 Å². The van der Waals surface area contributed by atoms with Crippen LogP contribution in [-0.2, 0) is 4.84 Å². The van der Waals surface area contributed by atoms with E-state index in [1.165, 1.54) is 6.08 Å². The highest BCUT2D eigenvalue weighted by Gasteiger charge is 2.38. The van der Waals surface area contributed by atoms with E-state index in [0.29, 0.717) is 16.7 Å². The van der Waals surface area contributed by atoms with Crippen LogP contribution in [0.4, 0.5) is 0 Å². The largest absolute Gasteiger partial charge is 0.286 e. The van der Waals surface area contributed by atoms with Gasteiger partial charge in [-0.25, -0.2) is 0 Å². The summed E-state index contributed by atoms with van der Waals surface area (Å²) in [6, 6.07) is 12.8. The van der Waals surface area contributed by atoms with Crippen LogP contribution < -0.4 is 0 Å². The summed E-state index contributed by atoms with van der Waals surface area (Å²) >= 11 is 3.38. The molecule has 0 fully saturated rings. The van der Waals surface area contributed by atoms with Gasteiger partial charge in [-0.2, -0.15) is 0 Å². The first-order valence-electron chi connectivity index (χ1n) is 6.65. The lowest BCUT2D eigenvalue weighted by atomic mass is 9.97. The quantitative estimate of drug-likeness (QED) is 0.617. The molecule has 0 bridgehead atoms. The van der Waals surface area contributed by atoms with Crippen molar-refractivity contribution in [1.82, 2.24) is 5.06 Å². The smallest absolute Gasteiger partial charge is 0.266 e. The van der Waals surface area contributed by atoms with E-state index in [1.54, 1.807) is 12.1 Å². The predicted octanol–water partition coefficient (Wildman–Crippen LogP) is 3.83. The number of carbonyl (C=O) groups excluding carboxylic acids is 2. The van der Waals surface area contributed by atoms with Gasteiger partial charge < -0.3 is 0 Å². The first-order chi connectivity index (χ1) is 10.6. The zero-order valence-electron chi connectivity index (χ0n) is 11.6. The van der Waals surface area contributed by atoms with Crippen molar-refractivity contribution in [3.63, 3.8) is 0 Å². The minimum Gasteiger partial charge on any atom is -0.266 e. The van der Waals surface area contributed by atoms with Gasteiger partial charge in [0.1, 0.15) is 0 Å². The molecule has 0 aliphatic carbocycles. The highest BCUT2D eigenvalue weighted by molar-refractivity contribution is 9.10. The number of hydrogen-bond acceptors (Lipinski definition) is 3. The molecule has 0 saturated carbocycles. The minimum atomic E-state index is -0.444. The molecule has 2 aromatic rings. The number of hydroxylamine groups is 2. The predicted molar refractivity (Wildman–Crippen MR) is 86.2 cm³/mol. The summed E-state index contributed by atoms with van der Waals surface area (Å²) in [4.78, 5) is 30.0. The number of amides is 2. The third kappa shape index (κ3) is 2.38. The molecule has 110 valence electrons. The summed E-state index contributed by atoms with van der Waals surface area (Å²) in [7, 11) is 0. The second-order valence-electron chi connectivity index (χ2n) is 4.72. The Morgan fingerprint density at radius 2 is 1.73 bits per heavy atom. The Labute approximate surface area is 136 Å². The maximum absolute atomic E-state index is 12.5. The fraction of sp³-hybridized carbons (Fsp3) is 0.0588. The summed E-state index contributed by atoms with van der Waals surface area (Å²) in [6.07, 6.45) is 1.49. The normalized spacial score (nSPS) is 13.4. The summed E-state index contributed by atoms with van der Waals surface area (Å²) in [6.45, 7) is 3.61. The van der Waals surface area contributed by atoms with E-state index in [9.17, 15) is 9.59 Å². The number of imide groups is 1. The van der Waals surface area contributed by atoms with Crippen LogP contribution in [0.25, 0.3) is 11.1 Å². The average Bonchev–Trinajstić information content (AvgIpc) is 2.78. The first-order valence-corrected chi connectivity index (χ1v) is 7.44. The molecule has 4 nitrogen and oxygen atoms in total. The molecule has 2 amide bonds. The highest BCUT2D eigenvalue weighted by Crippen LogP contribution is 2.33. The fourth-order valence-corrected chi connectivity index (χ4v) is 2.64. The molecule has 0 atom stereocenters. The summed E-state index contributed by atoms with van der Waals surface area (Å²) in [5.41, 5.74) is 2.31. The van der Waals surface area contributed by atoms with Crippen molar-refractivity contribution in [2.45, 2.75) is 0 Å². The molecule has 0 saturated heterocycles. The van der Waals surface area contributed by atoms with Gasteiger partial charge in [0.15, 0.2) is 0 Å². The standard InChI is InChI=1S/C17H12BrNO3/c1-2-10-22-19-16(20)14-5-3-4-13(15(14)17(19)21)11-6-8-12(18)9-7-11/h2-9H,1,10H2. The van der Waals surface area contributed by atoms with Crippen molar-refractivity contribution >= 4 is 27.7 Å². The average molecular weight is 358 g/mol. The Morgan fingerprint density at radius 1 is 1.05 bits per heavy atom. The molecule has 0 unspecified atom stereocenters. The van der Waals surface area contributed by atoms with Crippen LogP contribution in [0.1, 0.15) is 20.7 Å². The number of carbonyl (C=O) groups is 2. The van der Waals surface area contributed by atoms with E-state index in [4.69, 9.17) is 4.84 Å². The van der Waals surface area contributed by atoms with Crippen molar-refractivity contribution in [2.24, 2.45) is 0 Å². The second-order valence-corrected chi connectivity index (χ2v) is 5.64. The van der Waals surface area contributed by atoms with Gasteiger partial charge >= 0.3 is 0 Å². The lowest BCUT2D eigenvalue weighted by Crippen LogP contribution is -2.30. The fourth-order valence-electron chi connectivity index (χ4n) is 2.38. The molecule has 3 rings (SSSR count). The molecule has 2 aromatic carbocycles. The molecule has 0 aromatic heterocycles. The van der Waals surface area contributed by atoms with Crippen molar-refractivity contribution in [3.8, 4) is 11.1 Å². The van der Waals surface area contributed by atoms with Gasteiger partial charge in [0.05, 0.1) is 17.7 Å². The van der Waals surface area contributed by atoms with E-state index in [-0.39, 0.29) is 6.61 Å². The molecule has 1 heterocycles. The first kappa shape index (κ1) is 14.7.